The van der Waals surface area contributed by atoms with Crippen LogP contribution in [0.25, 0.3) is 0 Å². The van der Waals surface area contributed by atoms with E-state index in [0.717, 1.165) is 0 Å². The van der Waals surface area contributed by atoms with Gasteiger partial charge < -0.3 is 14.4 Å². The van der Waals surface area contributed by atoms with Crippen molar-refractivity contribution in [2.45, 2.75) is 45.1 Å². The van der Waals surface area contributed by atoms with E-state index in [1.54, 1.807) is 18.9 Å². The summed E-state index contributed by atoms with van der Waals surface area (Å²) in [6.07, 6.45) is 6.12. The second kappa shape index (κ2) is 10.4. The number of rotatable bonds is 9. The van der Waals surface area contributed by atoms with Gasteiger partial charge in [-0.1, -0.05) is 0 Å². The molecule has 1 aromatic heterocycles. The highest BCUT2D eigenvalue weighted by molar-refractivity contribution is 5.76. The Morgan fingerprint density at radius 1 is 1.25 bits per heavy atom. The molecule has 0 bridgehead atoms. The molecule has 1 amide bonds. The molecule has 1 rings (SSSR count). The van der Waals surface area contributed by atoms with Crippen LogP contribution < -0.4 is 0 Å². The second-order valence-electron chi connectivity index (χ2n) is 5.55. The molecule has 0 fully saturated rings. The molecule has 0 aliphatic heterocycles. The largest absolute Gasteiger partial charge is 0.469 e. The van der Waals surface area contributed by atoms with Crippen LogP contribution in [0.15, 0.2) is 18.7 Å². The van der Waals surface area contributed by atoms with Crippen LogP contribution in [0.5, 0.6) is 0 Å². The number of hydrogen-bond acceptors (Lipinski definition) is 6. The van der Waals surface area contributed by atoms with E-state index in [4.69, 9.17) is 4.74 Å². The molecule has 0 aliphatic rings. The van der Waals surface area contributed by atoms with Gasteiger partial charge in [-0.25, -0.2) is 14.3 Å². The Morgan fingerprint density at radius 2 is 1.96 bits per heavy atom. The molecule has 1 atom stereocenters. The van der Waals surface area contributed by atoms with Crippen LogP contribution in [0.1, 0.15) is 39.0 Å². The topological polar surface area (TPSA) is 90.7 Å². The van der Waals surface area contributed by atoms with Gasteiger partial charge in [-0.05, 0) is 19.8 Å². The number of hydrogen-bond donors (Lipinski definition) is 0. The van der Waals surface area contributed by atoms with Crippen LogP contribution in [-0.4, -0.2) is 59.2 Å². The molecule has 8 nitrogen and oxygen atoms in total. The third-order valence-electron chi connectivity index (χ3n) is 3.56. The third kappa shape index (κ3) is 7.26. The lowest BCUT2D eigenvalue weighted by atomic mass is 10.1. The lowest BCUT2D eigenvalue weighted by molar-refractivity contribution is -0.141. The number of nitrogens with zero attached hydrogens (tertiary/aromatic N) is 3. The highest BCUT2D eigenvalue weighted by Crippen LogP contribution is 2.06. The molecule has 0 saturated heterocycles. The molecule has 0 N–H and O–H groups in total. The fourth-order valence-corrected chi connectivity index (χ4v) is 2.00. The van der Waals surface area contributed by atoms with Gasteiger partial charge in [0.1, 0.15) is 12.4 Å². The van der Waals surface area contributed by atoms with E-state index >= 15 is 0 Å². The minimum Gasteiger partial charge on any atom is -0.469 e. The molecule has 8 heteroatoms. The fourth-order valence-electron chi connectivity index (χ4n) is 2.00. The van der Waals surface area contributed by atoms with E-state index in [0.29, 0.717) is 38.6 Å². The predicted octanol–water partition coefficient (Wildman–Crippen LogP) is 1.84. The Labute approximate surface area is 141 Å². The van der Waals surface area contributed by atoms with Crippen molar-refractivity contribution < 1.29 is 23.9 Å². The van der Waals surface area contributed by atoms with Crippen molar-refractivity contribution in [2.24, 2.45) is 0 Å². The van der Waals surface area contributed by atoms with Gasteiger partial charge in [0, 0.05) is 45.2 Å². The maximum Gasteiger partial charge on any atom is 0.419 e. The first-order valence-corrected chi connectivity index (χ1v) is 7.93. The number of amides is 1. The molecule has 134 valence electrons. The number of aromatic nitrogens is 2. The molecule has 1 unspecified atom stereocenters. The Hall–Kier alpha value is -2.38. The Morgan fingerprint density at radius 3 is 2.58 bits per heavy atom. The molecule has 1 heterocycles. The average molecular weight is 339 g/mol. The van der Waals surface area contributed by atoms with Crippen molar-refractivity contribution in [1.29, 1.82) is 0 Å². The van der Waals surface area contributed by atoms with Crippen LogP contribution in [0.3, 0.4) is 0 Å². The van der Waals surface area contributed by atoms with E-state index in [1.165, 1.54) is 30.4 Å². The SMILES string of the molecule is COC(=O)CCCCC(=O)N(C)CCC(C)OC(=O)n1ccnc1. The quantitative estimate of drug-likeness (QED) is 0.504. The van der Waals surface area contributed by atoms with E-state index in [-0.39, 0.29) is 18.0 Å². The number of ether oxygens (including phenoxy) is 2. The van der Waals surface area contributed by atoms with Gasteiger partial charge in [0.15, 0.2) is 0 Å². The summed E-state index contributed by atoms with van der Waals surface area (Å²) in [5.74, 6) is -0.252. The summed E-state index contributed by atoms with van der Waals surface area (Å²) in [5.41, 5.74) is 0. The molecular formula is C16H25N3O5. The Kier molecular flexibility index (Phi) is 8.53. The fraction of sp³-hybridized carbons (Fsp3) is 0.625. The van der Waals surface area contributed by atoms with Gasteiger partial charge in [-0.2, -0.15) is 0 Å². The molecule has 1 aromatic rings. The molecule has 0 radical (unpaired) electrons. The number of carbonyl (C=O) groups excluding carboxylic acids is 3. The lowest BCUT2D eigenvalue weighted by Crippen LogP contribution is -2.30. The van der Waals surface area contributed by atoms with E-state index in [9.17, 15) is 14.4 Å². The maximum atomic E-state index is 12.0. The minimum atomic E-state index is -0.489. The normalized spacial score (nSPS) is 11.6. The van der Waals surface area contributed by atoms with Crippen LogP contribution >= 0.6 is 0 Å². The predicted molar refractivity (Wildman–Crippen MR) is 86.3 cm³/mol. The first kappa shape index (κ1) is 19.7. The average Bonchev–Trinajstić information content (AvgIpc) is 3.10. The zero-order chi connectivity index (χ0) is 17.9. The van der Waals surface area contributed by atoms with Crippen LogP contribution in [0, 0.1) is 0 Å². The summed E-state index contributed by atoms with van der Waals surface area (Å²) < 4.78 is 11.1. The third-order valence-corrected chi connectivity index (χ3v) is 3.56. The maximum absolute atomic E-state index is 12.0. The Bertz CT molecular complexity index is 530. The monoisotopic (exact) mass is 339 g/mol. The summed E-state index contributed by atoms with van der Waals surface area (Å²) in [5, 5.41) is 0. The first-order valence-electron chi connectivity index (χ1n) is 7.93. The van der Waals surface area contributed by atoms with Crippen molar-refractivity contribution in [3.63, 3.8) is 0 Å². The van der Waals surface area contributed by atoms with Crippen molar-refractivity contribution in [3.8, 4) is 0 Å². The first-order chi connectivity index (χ1) is 11.4. The number of carbonyl (C=O) groups is 3. The minimum absolute atomic E-state index is 0.00741. The summed E-state index contributed by atoms with van der Waals surface area (Å²) in [6.45, 7) is 2.28. The van der Waals surface area contributed by atoms with Gasteiger partial charge in [0.2, 0.25) is 5.91 Å². The number of esters is 1. The molecule has 0 aliphatic carbocycles. The molecule has 0 saturated carbocycles. The highest BCUT2D eigenvalue weighted by Gasteiger charge is 2.14. The number of unbranched alkanes of at least 4 members (excludes halogenated alkanes) is 1. The van der Waals surface area contributed by atoms with E-state index < -0.39 is 6.09 Å². The Balaban J connectivity index is 2.19. The molecule has 0 spiro atoms. The summed E-state index contributed by atoms with van der Waals surface area (Å²) in [4.78, 5) is 40.1. The van der Waals surface area contributed by atoms with Crippen LogP contribution in [0.2, 0.25) is 0 Å². The van der Waals surface area contributed by atoms with E-state index in [1.807, 2.05) is 0 Å². The van der Waals surface area contributed by atoms with Gasteiger partial charge in [-0.15, -0.1) is 0 Å². The van der Waals surface area contributed by atoms with Crippen LogP contribution in [-0.2, 0) is 19.1 Å². The van der Waals surface area contributed by atoms with Crippen molar-refractivity contribution in [1.82, 2.24) is 14.5 Å². The molecular weight excluding hydrogens is 314 g/mol. The van der Waals surface area contributed by atoms with Gasteiger partial charge in [-0.3, -0.25) is 9.59 Å². The lowest BCUT2D eigenvalue weighted by Gasteiger charge is -2.20. The van der Waals surface area contributed by atoms with E-state index in [2.05, 4.69) is 9.72 Å². The van der Waals surface area contributed by atoms with Crippen LogP contribution in [0.4, 0.5) is 4.79 Å². The van der Waals surface area contributed by atoms with Gasteiger partial charge >= 0.3 is 12.1 Å². The zero-order valence-electron chi connectivity index (χ0n) is 14.4. The van der Waals surface area contributed by atoms with Gasteiger partial charge in [0.25, 0.3) is 0 Å². The number of imidazole rings is 1. The zero-order valence-corrected chi connectivity index (χ0v) is 14.4. The summed E-state index contributed by atoms with van der Waals surface area (Å²) in [6, 6.07) is 0. The van der Waals surface area contributed by atoms with Crippen molar-refractivity contribution in [2.75, 3.05) is 20.7 Å². The highest BCUT2D eigenvalue weighted by atomic mass is 16.6. The summed E-state index contributed by atoms with van der Waals surface area (Å²) in [7, 11) is 3.06. The summed E-state index contributed by atoms with van der Waals surface area (Å²) >= 11 is 0. The molecule has 0 aromatic carbocycles. The van der Waals surface area contributed by atoms with Crippen molar-refractivity contribution in [3.05, 3.63) is 18.7 Å². The standard InChI is InChI=1S/C16H25N3O5/c1-13(24-16(22)19-11-9-17-12-19)8-10-18(2)14(20)6-4-5-7-15(21)23-3/h9,11-13H,4-8,10H2,1-3H3. The molecule has 24 heavy (non-hydrogen) atoms. The number of methoxy groups -OCH3 is 1. The van der Waals surface area contributed by atoms with Gasteiger partial charge in [0.05, 0.1) is 7.11 Å². The van der Waals surface area contributed by atoms with Crippen molar-refractivity contribution >= 4 is 18.0 Å². The second-order valence-corrected chi connectivity index (χ2v) is 5.55. The smallest absolute Gasteiger partial charge is 0.419 e.